The number of nitrogens with zero attached hydrogens (tertiary/aromatic N) is 2. The Hall–Kier alpha value is -2.67. The number of aromatic nitrogens is 2. The quantitative estimate of drug-likeness (QED) is 0.622. The number of thiophene rings is 1. The van der Waals surface area contributed by atoms with Gasteiger partial charge >= 0.3 is 5.97 Å². The summed E-state index contributed by atoms with van der Waals surface area (Å²) < 4.78 is 12.1. The highest BCUT2D eigenvalue weighted by molar-refractivity contribution is 7.18. The fraction of sp³-hybridized carbons (Fsp3) is 0.316. The molecule has 0 aliphatic heterocycles. The van der Waals surface area contributed by atoms with Gasteiger partial charge in [-0.05, 0) is 32.4 Å². The number of benzene rings is 1. The highest BCUT2D eigenvalue weighted by Gasteiger charge is 2.14. The molecule has 26 heavy (non-hydrogen) atoms. The molecule has 0 bridgehead atoms. The van der Waals surface area contributed by atoms with Crippen LogP contribution >= 0.6 is 11.3 Å². The second-order valence-corrected chi connectivity index (χ2v) is 7.05. The molecular formula is C19H20N2O4S. The fourth-order valence-electron chi connectivity index (χ4n) is 2.64. The van der Waals surface area contributed by atoms with E-state index in [0.29, 0.717) is 22.6 Å². The van der Waals surface area contributed by atoms with Gasteiger partial charge in [-0.25, -0.2) is 4.98 Å². The van der Waals surface area contributed by atoms with E-state index in [2.05, 4.69) is 4.98 Å². The van der Waals surface area contributed by atoms with Crippen molar-refractivity contribution in [3.8, 4) is 5.75 Å². The van der Waals surface area contributed by atoms with Gasteiger partial charge in [0.25, 0.3) is 5.56 Å². The van der Waals surface area contributed by atoms with E-state index < -0.39 is 5.97 Å². The van der Waals surface area contributed by atoms with Crippen LogP contribution in [0.1, 0.15) is 22.9 Å². The number of rotatable bonds is 6. The van der Waals surface area contributed by atoms with Crippen LogP contribution in [0.25, 0.3) is 10.2 Å². The molecule has 0 aliphatic carbocycles. The molecule has 1 aromatic carbocycles. The summed E-state index contributed by atoms with van der Waals surface area (Å²) in [5, 5.41) is 0.574. The summed E-state index contributed by atoms with van der Waals surface area (Å²) in [6.45, 7) is 6.20. The van der Waals surface area contributed by atoms with E-state index in [1.807, 2.05) is 45.0 Å². The number of hydrogen-bond donors (Lipinski definition) is 0. The Morgan fingerprint density at radius 2 is 2.04 bits per heavy atom. The molecule has 6 nitrogen and oxygen atoms in total. The third-order valence-electron chi connectivity index (χ3n) is 4.12. The Morgan fingerprint density at radius 1 is 1.27 bits per heavy atom. The number of para-hydroxylation sites is 1. The van der Waals surface area contributed by atoms with Crippen LogP contribution in [0.3, 0.4) is 0 Å². The zero-order chi connectivity index (χ0) is 18.7. The van der Waals surface area contributed by atoms with Crippen molar-refractivity contribution in [1.29, 1.82) is 0 Å². The number of hydrogen-bond acceptors (Lipinski definition) is 6. The minimum atomic E-state index is -0.496. The lowest BCUT2D eigenvalue weighted by Crippen LogP contribution is -2.25. The van der Waals surface area contributed by atoms with E-state index in [1.165, 1.54) is 22.2 Å². The fourth-order valence-corrected chi connectivity index (χ4v) is 3.63. The van der Waals surface area contributed by atoms with Gasteiger partial charge in [-0.15, -0.1) is 11.3 Å². The molecule has 7 heteroatoms. The summed E-state index contributed by atoms with van der Waals surface area (Å²) in [5.74, 6) is 0.191. The Bertz CT molecular complexity index is 1010. The minimum absolute atomic E-state index is 0.0933. The Labute approximate surface area is 155 Å². The molecular weight excluding hydrogens is 352 g/mol. The van der Waals surface area contributed by atoms with Crippen LogP contribution in [-0.2, 0) is 22.7 Å². The van der Waals surface area contributed by atoms with Gasteiger partial charge in [0.05, 0.1) is 18.3 Å². The summed E-state index contributed by atoms with van der Waals surface area (Å²) in [7, 11) is 0. The minimum Gasteiger partial charge on any atom is -0.493 e. The molecule has 0 saturated carbocycles. The molecule has 0 aliphatic rings. The predicted molar refractivity (Wildman–Crippen MR) is 101 cm³/mol. The standard InChI is InChI=1S/C19H20N2O4S/c1-4-24-15-8-6-5-7-14(15)10-25-16(22)9-21-11-20-18-17(19(21)23)12(2)13(3)26-18/h5-8,11H,4,9-10H2,1-3H3. The lowest BCUT2D eigenvalue weighted by molar-refractivity contribution is -0.145. The van der Waals surface area contributed by atoms with Gasteiger partial charge in [0, 0.05) is 10.4 Å². The number of ether oxygens (including phenoxy) is 2. The SMILES string of the molecule is CCOc1ccccc1COC(=O)Cn1cnc2sc(C)c(C)c2c1=O. The first-order valence-corrected chi connectivity index (χ1v) is 9.14. The molecule has 0 radical (unpaired) electrons. The highest BCUT2D eigenvalue weighted by Crippen LogP contribution is 2.25. The van der Waals surface area contributed by atoms with Crippen LogP contribution < -0.4 is 10.3 Å². The zero-order valence-corrected chi connectivity index (χ0v) is 15.8. The number of carbonyl (C=O) groups is 1. The van der Waals surface area contributed by atoms with Gasteiger partial charge in [-0.2, -0.15) is 0 Å². The molecule has 0 amide bonds. The average Bonchev–Trinajstić information content (AvgIpc) is 2.92. The van der Waals surface area contributed by atoms with E-state index >= 15 is 0 Å². The van der Waals surface area contributed by atoms with E-state index in [0.717, 1.165) is 16.0 Å². The van der Waals surface area contributed by atoms with Crippen LogP contribution in [-0.4, -0.2) is 22.1 Å². The molecule has 2 aromatic heterocycles. The molecule has 0 unspecified atom stereocenters. The van der Waals surface area contributed by atoms with Crippen molar-refractivity contribution in [3.63, 3.8) is 0 Å². The molecule has 0 atom stereocenters. The van der Waals surface area contributed by atoms with Gasteiger partial charge in [0.2, 0.25) is 0 Å². The number of esters is 1. The van der Waals surface area contributed by atoms with Gasteiger partial charge in [0.1, 0.15) is 23.7 Å². The topological polar surface area (TPSA) is 70.4 Å². The van der Waals surface area contributed by atoms with Gasteiger partial charge in [-0.1, -0.05) is 18.2 Å². The van der Waals surface area contributed by atoms with Crippen LogP contribution in [0.2, 0.25) is 0 Å². The van der Waals surface area contributed by atoms with Gasteiger partial charge in [-0.3, -0.25) is 14.2 Å². The van der Waals surface area contributed by atoms with Crippen LogP contribution in [0, 0.1) is 13.8 Å². The Morgan fingerprint density at radius 3 is 2.81 bits per heavy atom. The lowest BCUT2D eigenvalue weighted by atomic mass is 10.2. The molecule has 136 valence electrons. The molecule has 2 heterocycles. The largest absolute Gasteiger partial charge is 0.493 e. The van der Waals surface area contributed by atoms with Crippen molar-refractivity contribution in [3.05, 3.63) is 57.0 Å². The van der Waals surface area contributed by atoms with Crippen molar-refractivity contribution < 1.29 is 14.3 Å². The molecule has 0 saturated heterocycles. The first kappa shape index (κ1) is 18.1. The van der Waals surface area contributed by atoms with Crippen LogP contribution in [0.4, 0.5) is 0 Å². The normalized spacial score (nSPS) is 10.9. The first-order chi connectivity index (χ1) is 12.5. The van der Waals surface area contributed by atoms with E-state index in [9.17, 15) is 9.59 Å². The van der Waals surface area contributed by atoms with E-state index in [4.69, 9.17) is 9.47 Å². The molecule has 0 N–H and O–H groups in total. The van der Waals surface area contributed by atoms with Crippen LogP contribution in [0.5, 0.6) is 5.75 Å². The molecule has 0 fully saturated rings. The number of fused-ring (bicyclic) bond motifs is 1. The highest BCUT2D eigenvalue weighted by atomic mass is 32.1. The van der Waals surface area contributed by atoms with Gasteiger partial charge < -0.3 is 9.47 Å². The first-order valence-electron chi connectivity index (χ1n) is 8.32. The van der Waals surface area contributed by atoms with E-state index in [1.54, 1.807) is 0 Å². The maximum Gasteiger partial charge on any atom is 0.326 e. The van der Waals surface area contributed by atoms with Crippen molar-refractivity contribution in [1.82, 2.24) is 9.55 Å². The number of aryl methyl sites for hydroxylation is 2. The number of carbonyl (C=O) groups excluding carboxylic acids is 1. The second kappa shape index (κ2) is 7.70. The summed E-state index contributed by atoms with van der Waals surface area (Å²) in [6, 6.07) is 7.39. The summed E-state index contributed by atoms with van der Waals surface area (Å²) >= 11 is 1.48. The lowest BCUT2D eigenvalue weighted by Gasteiger charge is -2.11. The van der Waals surface area contributed by atoms with Crippen molar-refractivity contribution in [2.75, 3.05) is 6.61 Å². The van der Waals surface area contributed by atoms with Crippen molar-refractivity contribution in [2.24, 2.45) is 0 Å². The van der Waals surface area contributed by atoms with E-state index in [-0.39, 0.29) is 18.7 Å². The second-order valence-electron chi connectivity index (χ2n) is 5.84. The third kappa shape index (κ3) is 3.62. The monoisotopic (exact) mass is 372 g/mol. The molecule has 3 aromatic rings. The zero-order valence-electron chi connectivity index (χ0n) is 14.9. The Balaban J connectivity index is 1.73. The third-order valence-corrected chi connectivity index (χ3v) is 5.23. The molecule has 3 rings (SSSR count). The Kier molecular flexibility index (Phi) is 5.37. The van der Waals surface area contributed by atoms with Crippen molar-refractivity contribution >= 4 is 27.5 Å². The smallest absolute Gasteiger partial charge is 0.326 e. The summed E-state index contributed by atoms with van der Waals surface area (Å²) in [6.07, 6.45) is 1.40. The summed E-state index contributed by atoms with van der Waals surface area (Å²) in [5.41, 5.74) is 1.48. The van der Waals surface area contributed by atoms with Crippen molar-refractivity contribution in [2.45, 2.75) is 33.9 Å². The summed E-state index contributed by atoms with van der Waals surface area (Å²) in [4.78, 5) is 30.8. The van der Waals surface area contributed by atoms with Gasteiger partial charge in [0.15, 0.2) is 0 Å². The molecule has 0 spiro atoms. The maximum absolute atomic E-state index is 12.6. The van der Waals surface area contributed by atoms with Crippen LogP contribution in [0.15, 0.2) is 35.4 Å². The predicted octanol–water partition coefficient (Wildman–Crippen LogP) is 3.22. The maximum atomic E-state index is 12.6. The average molecular weight is 372 g/mol.